The smallest absolute Gasteiger partial charge is 0.371 e. The number of Topliss-reactive ketones (excluding diaryl/α,β-unsaturated/α-hetero) is 1. The van der Waals surface area contributed by atoms with E-state index in [0.29, 0.717) is 0 Å². The number of hydrogen-bond acceptors (Lipinski definition) is 4. The van der Waals surface area contributed by atoms with E-state index in [1.165, 1.54) is 6.92 Å². The molecule has 0 aliphatic carbocycles. The molecular formula is C8H8O5. The summed E-state index contributed by atoms with van der Waals surface area (Å²) in [5.41, 5.74) is 0. The van der Waals surface area contributed by atoms with Gasteiger partial charge in [0.1, 0.15) is 5.78 Å². The third kappa shape index (κ3) is 2.14. The van der Waals surface area contributed by atoms with Crippen molar-refractivity contribution in [2.24, 2.45) is 0 Å². The fourth-order valence-electron chi connectivity index (χ4n) is 0.983. The second-order valence-corrected chi connectivity index (χ2v) is 2.73. The van der Waals surface area contributed by atoms with Crippen LogP contribution in [0.15, 0.2) is 11.8 Å². The molecule has 0 bridgehead atoms. The van der Waals surface area contributed by atoms with Crippen LogP contribution in [-0.4, -0.2) is 28.7 Å². The normalized spacial score (nSPS) is 20.8. The zero-order chi connectivity index (χ0) is 10.0. The van der Waals surface area contributed by atoms with Crippen molar-refractivity contribution in [2.45, 2.75) is 19.4 Å². The fraction of sp³-hybridized carbons (Fsp3) is 0.375. The molecule has 0 radical (unpaired) electrons. The van der Waals surface area contributed by atoms with Crippen molar-refractivity contribution < 1.29 is 24.2 Å². The summed E-state index contributed by atoms with van der Waals surface area (Å²) < 4.78 is 4.74. The Labute approximate surface area is 74.0 Å². The third-order valence-electron chi connectivity index (χ3n) is 1.54. The molecule has 1 atom stereocenters. The number of carbonyl (C=O) groups is 3. The van der Waals surface area contributed by atoms with Crippen molar-refractivity contribution in [2.75, 3.05) is 0 Å². The highest BCUT2D eigenvalue weighted by molar-refractivity contribution is 6.04. The first-order valence-electron chi connectivity index (χ1n) is 3.65. The van der Waals surface area contributed by atoms with Crippen molar-refractivity contribution in [3.05, 3.63) is 11.8 Å². The summed E-state index contributed by atoms with van der Waals surface area (Å²) >= 11 is 0. The van der Waals surface area contributed by atoms with Gasteiger partial charge in [0.25, 0.3) is 0 Å². The summed E-state index contributed by atoms with van der Waals surface area (Å²) in [4.78, 5) is 32.0. The molecule has 1 rings (SSSR count). The van der Waals surface area contributed by atoms with Crippen LogP contribution >= 0.6 is 0 Å². The molecule has 0 aromatic rings. The fourth-order valence-corrected chi connectivity index (χ4v) is 0.983. The first kappa shape index (κ1) is 9.44. The Hall–Kier alpha value is -1.65. The first-order valence-corrected chi connectivity index (χ1v) is 3.65. The van der Waals surface area contributed by atoms with Gasteiger partial charge in [-0.25, -0.2) is 4.79 Å². The second kappa shape index (κ2) is 3.38. The Morgan fingerprint density at radius 1 is 1.62 bits per heavy atom. The molecule has 1 N–H and O–H groups in total. The molecule has 0 saturated heterocycles. The summed E-state index contributed by atoms with van der Waals surface area (Å²) in [6.07, 6.45) is -0.120. The molecule has 1 unspecified atom stereocenters. The molecule has 5 heteroatoms. The van der Waals surface area contributed by atoms with Gasteiger partial charge in [-0.2, -0.15) is 0 Å². The monoisotopic (exact) mass is 184 g/mol. The van der Waals surface area contributed by atoms with Crippen LogP contribution < -0.4 is 0 Å². The molecule has 13 heavy (non-hydrogen) atoms. The Morgan fingerprint density at radius 2 is 2.23 bits per heavy atom. The minimum atomic E-state index is -1.29. The number of carboxylic acids is 1. The van der Waals surface area contributed by atoms with E-state index in [4.69, 9.17) is 9.84 Å². The zero-order valence-corrected chi connectivity index (χ0v) is 6.94. The number of carboxylic acid groups (broad SMARTS) is 1. The zero-order valence-electron chi connectivity index (χ0n) is 6.94. The molecular weight excluding hydrogens is 176 g/mol. The predicted molar refractivity (Wildman–Crippen MR) is 40.9 cm³/mol. The van der Waals surface area contributed by atoms with Crippen molar-refractivity contribution in [1.29, 1.82) is 0 Å². The average molecular weight is 184 g/mol. The predicted octanol–water partition coefficient (Wildman–Crippen LogP) is -0.0981. The molecule has 0 spiro atoms. The minimum Gasteiger partial charge on any atom is -0.475 e. The highest BCUT2D eigenvalue weighted by Gasteiger charge is 2.31. The van der Waals surface area contributed by atoms with Gasteiger partial charge in [0.05, 0.1) is 6.42 Å². The quantitative estimate of drug-likeness (QED) is 0.662. The van der Waals surface area contributed by atoms with Crippen LogP contribution in [0.2, 0.25) is 0 Å². The van der Waals surface area contributed by atoms with Crippen LogP contribution in [0.1, 0.15) is 13.3 Å². The van der Waals surface area contributed by atoms with Gasteiger partial charge in [0.2, 0.25) is 11.5 Å². The lowest BCUT2D eigenvalue weighted by Gasteiger charge is -2.07. The molecule has 0 aromatic carbocycles. The topological polar surface area (TPSA) is 80.7 Å². The van der Waals surface area contributed by atoms with Crippen molar-refractivity contribution in [1.82, 2.24) is 0 Å². The maximum absolute atomic E-state index is 11.0. The van der Waals surface area contributed by atoms with Crippen LogP contribution in [-0.2, 0) is 19.1 Å². The molecule has 1 aliphatic rings. The standard InChI is InChI=1S/C8H8O5/c1-4(9)2-6-5(10)3-7(13-6)8(11)12/h3,6H,2H2,1H3,(H,11,12). The van der Waals surface area contributed by atoms with Gasteiger partial charge in [-0.15, -0.1) is 0 Å². The van der Waals surface area contributed by atoms with Crippen molar-refractivity contribution in [3.8, 4) is 0 Å². The van der Waals surface area contributed by atoms with E-state index >= 15 is 0 Å². The van der Waals surface area contributed by atoms with Gasteiger partial charge in [0, 0.05) is 6.08 Å². The maximum Gasteiger partial charge on any atom is 0.371 e. The van der Waals surface area contributed by atoms with Crippen LogP contribution in [0.4, 0.5) is 0 Å². The minimum absolute atomic E-state index is 0.0773. The molecule has 0 aromatic heterocycles. The number of ether oxygens (including phenoxy) is 1. The van der Waals surface area contributed by atoms with E-state index < -0.39 is 23.6 Å². The molecule has 1 aliphatic heterocycles. The van der Waals surface area contributed by atoms with Crippen molar-refractivity contribution in [3.63, 3.8) is 0 Å². The lowest BCUT2D eigenvalue weighted by Crippen LogP contribution is -2.20. The highest BCUT2D eigenvalue weighted by atomic mass is 16.5. The molecule has 5 nitrogen and oxygen atoms in total. The average Bonchev–Trinajstić information content (AvgIpc) is 2.31. The summed E-state index contributed by atoms with van der Waals surface area (Å²) in [7, 11) is 0. The van der Waals surface area contributed by atoms with E-state index in [-0.39, 0.29) is 12.2 Å². The number of carbonyl (C=O) groups excluding carboxylic acids is 2. The Bertz CT molecular complexity index is 302. The molecule has 1 heterocycles. The lowest BCUT2D eigenvalue weighted by atomic mass is 10.1. The Balaban J connectivity index is 2.65. The SMILES string of the molecule is CC(=O)CC1OC(C(=O)O)=CC1=O. The third-order valence-corrected chi connectivity index (χ3v) is 1.54. The van der Waals surface area contributed by atoms with Crippen LogP contribution in [0.25, 0.3) is 0 Å². The van der Waals surface area contributed by atoms with E-state index in [1.54, 1.807) is 0 Å². The Kier molecular flexibility index (Phi) is 2.46. The molecule has 0 fully saturated rings. The van der Waals surface area contributed by atoms with Gasteiger partial charge in [0.15, 0.2) is 6.10 Å². The number of rotatable bonds is 3. The number of ketones is 2. The van der Waals surface area contributed by atoms with Crippen LogP contribution in [0.3, 0.4) is 0 Å². The maximum atomic E-state index is 11.0. The summed E-state index contributed by atoms with van der Waals surface area (Å²) in [6, 6.07) is 0. The summed E-state index contributed by atoms with van der Waals surface area (Å²) in [5.74, 6) is -2.36. The molecule has 0 amide bonds. The highest BCUT2D eigenvalue weighted by Crippen LogP contribution is 2.16. The van der Waals surface area contributed by atoms with Crippen LogP contribution in [0, 0.1) is 0 Å². The lowest BCUT2D eigenvalue weighted by molar-refractivity contribution is -0.138. The van der Waals surface area contributed by atoms with Gasteiger partial charge in [-0.1, -0.05) is 0 Å². The van der Waals surface area contributed by atoms with E-state index in [2.05, 4.69) is 0 Å². The van der Waals surface area contributed by atoms with E-state index in [0.717, 1.165) is 6.08 Å². The number of hydrogen-bond donors (Lipinski definition) is 1. The van der Waals surface area contributed by atoms with Gasteiger partial charge in [-0.3, -0.25) is 9.59 Å². The second-order valence-electron chi connectivity index (χ2n) is 2.73. The summed E-state index contributed by atoms with van der Waals surface area (Å²) in [5, 5.41) is 8.45. The Morgan fingerprint density at radius 3 is 2.62 bits per heavy atom. The first-order chi connectivity index (χ1) is 6.00. The number of aliphatic carboxylic acids is 1. The van der Waals surface area contributed by atoms with E-state index in [1.807, 2.05) is 0 Å². The molecule has 70 valence electrons. The van der Waals surface area contributed by atoms with Crippen molar-refractivity contribution >= 4 is 17.5 Å². The van der Waals surface area contributed by atoms with Gasteiger partial charge < -0.3 is 9.84 Å². The van der Waals surface area contributed by atoms with Gasteiger partial charge >= 0.3 is 5.97 Å². The van der Waals surface area contributed by atoms with Crippen LogP contribution in [0.5, 0.6) is 0 Å². The summed E-state index contributed by atoms with van der Waals surface area (Å²) in [6.45, 7) is 1.31. The molecule has 0 saturated carbocycles. The van der Waals surface area contributed by atoms with Gasteiger partial charge in [-0.05, 0) is 6.92 Å². The van der Waals surface area contributed by atoms with E-state index in [9.17, 15) is 14.4 Å². The largest absolute Gasteiger partial charge is 0.475 e.